The van der Waals surface area contributed by atoms with Crippen LogP contribution in [0.2, 0.25) is 5.02 Å². The molecule has 4 rings (SSSR count). The maximum atomic E-state index is 5.98. The van der Waals surface area contributed by atoms with Crippen LogP contribution in [0.25, 0.3) is 22.4 Å². The van der Waals surface area contributed by atoms with Crippen LogP contribution in [0, 0.1) is 6.92 Å². The standard InChI is InChI=1S/C20H17ClN4O/c1-13-17-19(23-11-9-16-4-2-3-10-22-16)24-12-25-20(17)26-18(13)14-5-7-15(21)8-6-14/h2-8,10,12H,9,11H2,1H3,(H,23,24,25). The monoisotopic (exact) mass is 364 g/mol. The van der Waals surface area contributed by atoms with Crippen LogP contribution >= 0.6 is 11.6 Å². The minimum atomic E-state index is 0.572. The Balaban J connectivity index is 1.62. The molecule has 1 N–H and O–H groups in total. The zero-order chi connectivity index (χ0) is 17.9. The lowest BCUT2D eigenvalue weighted by Crippen LogP contribution is -2.07. The number of halogens is 1. The summed E-state index contributed by atoms with van der Waals surface area (Å²) in [5.74, 6) is 1.55. The highest BCUT2D eigenvalue weighted by atomic mass is 35.5. The van der Waals surface area contributed by atoms with E-state index in [1.807, 2.05) is 49.4 Å². The predicted octanol–water partition coefficient (Wildman–Crippen LogP) is 4.90. The van der Waals surface area contributed by atoms with Crippen molar-refractivity contribution < 1.29 is 4.42 Å². The molecular formula is C20H17ClN4O. The van der Waals surface area contributed by atoms with Crippen molar-refractivity contribution in [1.82, 2.24) is 15.0 Å². The van der Waals surface area contributed by atoms with Crippen molar-refractivity contribution in [2.24, 2.45) is 0 Å². The van der Waals surface area contributed by atoms with Crippen molar-refractivity contribution in [3.8, 4) is 11.3 Å². The summed E-state index contributed by atoms with van der Waals surface area (Å²) in [7, 11) is 0. The molecule has 5 nitrogen and oxygen atoms in total. The number of benzene rings is 1. The second-order valence-electron chi connectivity index (χ2n) is 5.96. The summed E-state index contributed by atoms with van der Waals surface area (Å²) in [6.07, 6.45) is 4.13. The van der Waals surface area contributed by atoms with Gasteiger partial charge in [0.1, 0.15) is 17.9 Å². The van der Waals surface area contributed by atoms with E-state index < -0.39 is 0 Å². The first-order valence-electron chi connectivity index (χ1n) is 8.36. The minimum Gasteiger partial charge on any atom is -0.437 e. The van der Waals surface area contributed by atoms with E-state index in [1.54, 1.807) is 6.20 Å². The van der Waals surface area contributed by atoms with Gasteiger partial charge in [0.15, 0.2) is 0 Å². The highest BCUT2D eigenvalue weighted by Crippen LogP contribution is 2.35. The summed E-state index contributed by atoms with van der Waals surface area (Å²) in [5, 5.41) is 4.97. The molecule has 130 valence electrons. The summed E-state index contributed by atoms with van der Waals surface area (Å²) in [4.78, 5) is 13.0. The molecule has 0 aliphatic heterocycles. The van der Waals surface area contributed by atoms with Crippen molar-refractivity contribution >= 4 is 28.5 Å². The molecule has 0 saturated heterocycles. The van der Waals surface area contributed by atoms with E-state index >= 15 is 0 Å². The van der Waals surface area contributed by atoms with Gasteiger partial charge >= 0.3 is 0 Å². The van der Waals surface area contributed by atoms with Gasteiger partial charge in [0, 0.05) is 41.0 Å². The van der Waals surface area contributed by atoms with Gasteiger partial charge < -0.3 is 9.73 Å². The number of nitrogens with one attached hydrogen (secondary N) is 1. The fraction of sp³-hybridized carbons (Fsp3) is 0.150. The van der Waals surface area contributed by atoms with Gasteiger partial charge in [0.25, 0.3) is 0 Å². The first-order valence-corrected chi connectivity index (χ1v) is 8.74. The van der Waals surface area contributed by atoms with Gasteiger partial charge in [-0.05, 0) is 43.3 Å². The van der Waals surface area contributed by atoms with Crippen molar-refractivity contribution in [2.45, 2.75) is 13.3 Å². The molecule has 1 aromatic carbocycles. The molecule has 0 saturated carbocycles. The number of fused-ring (bicyclic) bond motifs is 1. The summed E-state index contributed by atoms with van der Waals surface area (Å²) < 4.78 is 5.98. The number of furan rings is 1. The zero-order valence-electron chi connectivity index (χ0n) is 14.2. The van der Waals surface area contributed by atoms with E-state index in [9.17, 15) is 0 Å². The number of aromatic nitrogens is 3. The Hall–Kier alpha value is -2.92. The Morgan fingerprint density at radius 3 is 2.65 bits per heavy atom. The van der Waals surface area contributed by atoms with Gasteiger partial charge in [-0.25, -0.2) is 9.97 Å². The zero-order valence-corrected chi connectivity index (χ0v) is 15.0. The fourth-order valence-corrected chi connectivity index (χ4v) is 3.06. The average Bonchev–Trinajstić information content (AvgIpc) is 3.01. The van der Waals surface area contributed by atoms with Crippen LogP contribution in [-0.4, -0.2) is 21.5 Å². The second kappa shape index (κ2) is 7.14. The lowest BCUT2D eigenvalue weighted by Gasteiger charge is -2.06. The van der Waals surface area contributed by atoms with E-state index in [-0.39, 0.29) is 0 Å². The number of rotatable bonds is 5. The molecule has 6 heteroatoms. The second-order valence-corrected chi connectivity index (χ2v) is 6.40. The smallest absolute Gasteiger partial charge is 0.232 e. The molecule has 3 heterocycles. The molecule has 0 spiro atoms. The lowest BCUT2D eigenvalue weighted by atomic mass is 10.1. The molecule has 0 bridgehead atoms. The number of anilines is 1. The molecule has 0 aliphatic rings. The van der Waals surface area contributed by atoms with Crippen molar-refractivity contribution in [3.05, 3.63) is 71.3 Å². The van der Waals surface area contributed by atoms with Gasteiger partial charge in [-0.1, -0.05) is 17.7 Å². The van der Waals surface area contributed by atoms with Gasteiger partial charge in [-0.3, -0.25) is 4.98 Å². The molecule has 0 fully saturated rings. The van der Waals surface area contributed by atoms with Crippen LogP contribution in [-0.2, 0) is 6.42 Å². The quantitative estimate of drug-likeness (QED) is 0.545. The Bertz CT molecular complexity index is 1030. The van der Waals surface area contributed by atoms with E-state index in [2.05, 4.69) is 20.3 Å². The summed E-state index contributed by atoms with van der Waals surface area (Å²) in [5.41, 5.74) is 3.58. The third-order valence-corrected chi connectivity index (χ3v) is 4.48. The first kappa shape index (κ1) is 16.5. The van der Waals surface area contributed by atoms with E-state index in [0.29, 0.717) is 10.7 Å². The molecule has 0 aliphatic carbocycles. The number of nitrogens with zero attached hydrogens (tertiary/aromatic N) is 3. The molecular weight excluding hydrogens is 348 g/mol. The van der Waals surface area contributed by atoms with Crippen LogP contribution in [0.5, 0.6) is 0 Å². The summed E-state index contributed by atoms with van der Waals surface area (Å²) in [6.45, 7) is 2.74. The fourth-order valence-electron chi connectivity index (χ4n) is 2.94. The molecule has 4 aromatic rings. The number of pyridine rings is 1. The van der Waals surface area contributed by atoms with Crippen LogP contribution in [0.3, 0.4) is 0 Å². The SMILES string of the molecule is Cc1c(-c2ccc(Cl)cc2)oc2ncnc(NCCc3ccccn3)c12. The Morgan fingerprint density at radius 2 is 1.88 bits per heavy atom. The third-order valence-electron chi connectivity index (χ3n) is 4.23. The maximum absolute atomic E-state index is 5.98. The van der Waals surface area contributed by atoms with Gasteiger partial charge in [0.05, 0.1) is 5.39 Å². The highest BCUT2D eigenvalue weighted by Gasteiger charge is 2.17. The largest absolute Gasteiger partial charge is 0.437 e. The molecule has 0 amide bonds. The molecule has 0 unspecified atom stereocenters. The first-order chi connectivity index (χ1) is 12.7. The predicted molar refractivity (Wildman–Crippen MR) is 103 cm³/mol. The average molecular weight is 365 g/mol. The van der Waals surface area contributed by atoms with Crippen molar-refractivity contribution in [2.75, 3.05) is 11.9 Å². The van der Waals surface area contributed by atoms with Crippen LogP contribution < -0.4 is 5.32 Å². The Kier molecular flexibility index (Phi) is 4.54. The van der Waals surface area contributed by atoms with Crippen LogP contribution in [0.4, 0.5) is 5.82 Å². The van der Waals surface area contributed by atoms with Gasteiger partial charge in [-0.2, -0.15) is 0 Å². The number of hydrogen-bond donors (Lipinski definition) is 1. The molecule has 26 heavy (non-hydrogen) atoms. The minimum absolute atomic E-state index is 0.572. The Morgan fingerprint density at radius 1 is 1.04 bits per heavy atom. The third kappa shape index (κ3) is 3.26. The number of hydrogen-bond acceptors (Lipinski definition) is 5. The maximum Gasteiger partial charge on any atom is 0.232 e. The van der Waals surface area contributed by atoms with E-state index in [1.165, 1.54) is 6.33 Å². The van der Waals surface area contributed by atoms with Crippen LogP contribution in [0.15, 0.2) is 59.4 Å². The van der Waals surface area contributed by atoms with Crippen molar-refractivity contribution in [3.63, 3.8) is 0 Å². The van der Waals surface area contributed by atoms with Crippen molar-refractivity contribution in [1.29, 1.82) is 0 Å². The highest BCUT2D eigenvalue weighted by molar-refractivity contribution is 6.30. The van der Waals surface area contributed by atoms with Gasteiger partial charge in [0.2, 0.25) is 5.71 Å². The molecule has 0 radical (unpaired) electrons. The van der Waals surface area contributed by atoms with E-state index in [4.69, 9.17) is 16.0 Å². The van der Waals surface area contributed by atoms with E-state index in [0.717, 1.165) is 46.8 Å². The van der Waals surface area contributed by atoms with Gasteiger partial charge in [-0.15, -0.1) is 0 Å². The number of aryl methyl sites for hydroxylation is 1. The normalized spacial score (nSPS) is 11.0. The molecule has 0 atom stereocenters. The Labute approximate surface area is 156 Å². The summed E-state index contributed by atoms with van der Waals surface area (Å²) >= 11 is 5.98. The summed E-state index contributed by atoms with van der Waals surface area (Å²) in [6, 6.07) is 13.5. The lowest BCUT2D eigenvalue weighted by molar-refractivity contribution is 0.615. The van der Waals surface area contributed by atoms with Crippen LogP contribution in [0.1, 0.15) is 11.3 Å². The topological polar surface area (TPSA) is 63.8 Å². The molecule has 3 aromatic heterocycles.